The van der Waals surface area contributed by atoms with Crippen molar-refractivity contribution in [2.45, 2.75) is 13.1 Å². The lowest BCUT2D eigenvalue weighted by Crippen LogP contribution is -2.49. The zero-order chi connectivity index (χ0) is 19.2. The van der Waals surface area contributed by atoms with Crippen LogP contribution in [0.4, 0.5) is 19.1 Å². The number of nitrogens with zero attached hydrogens (tertiary/aromatic N) is 5. The molecule has 0 unspecified atom stereocenters. The summed E-state index contributed by atoms with van der Waals surface area (Å²) in [5.74, 6) is 0.350. The van der Waals surface area contributed by atoms with Crippen molar-refractivity contribution in [3.63, 3.8) is 0 Å². The second-order valence-electron chi connectivity index (χ2n) is 6.30. The number of piperazine rings is 1. The first-order valence-electron chi connectivity index (χ1n) is 8.36. The van der Waals surface area contributed by atoms with Gasteiger partial charge in [0.2, 0.25) is 5.95 Å². The van der Waals surface area contributed by atoms with Gasteiger partial charge in [-0.3, -0.25) is 9.20 Å². The molecule has 1 amide bonds. The molecule has 0 bridgehead atoms. The van der Waals surface area contributed by atoms with Gasteiger partial charge in [0.05, 0.1) is 4.88 Å². The van der Waals surface area contributed by atoms with Crippen LogP contribution in [-0.2, 0) is 6.18 Å². The van der Waals surface area contributed by atoms with Crippen molar-refractivity contribution >= 4 is 28.8 Å². The molecule has 10 heteroatoms. The summed E-state index contributed by atoms with van der Waals surface area (Å²) >= 11 is 0.488. The summed E-state index contributed by atoms with van der Waals surface area (Å²) in [4.78, 5) is 15.5. The third kappa shape index (κ3) is 3.25. The number of fused-ring (bicyclic) bond motifs is 1. The quantitative estimate of drug-likeness (QED) is 0.669. The minimum Gasteiger partial charge on any atom is -0.337 e. The molecule has 0 radical (unpaired) electrons. The fraction of sp³-hybridized carbons (Fsp3) is 0.353. The van der Waals surface area contributed by atoms with Crippen LogP contribution < -0.4 is 4.90 Å². The zero-order valence-corrected chi connectivity index (χ0v) is 15.2. The van der Waals surface area contributed by atoms with Crippen molar-refractivity contribution in [2.24, 2.45) is 0 Å². The molecule has 0 saturated carbocycles. The van der Waals surface area contributed by atoms with Crippen molar-refractivity contribution in [1.82, 2.24) is 19.5 Å². The molecule has 0 aliphatic carbocycles. The van der Waals surface area contributed by atoms with Gasteiger partial charge in [0.15, 0.2) is 5.65 Å². The average molecular weight is 395 g/mol. The molecule has 142 valence electrons. The number of halogens is 3. The van der Waals surface area contributed by atoms with E-state index in [4.69, 9.17) is 0 Å². The number of hydrogen-bond acceptors (Lipinski definition) is 5. The first-order chi connectivity index (χ1) is 12.8. The SMILES string of the molecule is Cc1cccc2nnc(N3CCN(C(=O)c4ccc(C(F)(F)F)s4)CC3)n12. The Bertz CT molecular complexity index is 988. The standard InChI is InChI=1S/C17H16F3N5OS/c1-11-3-2-4-14-21-22-16(25(11)14)24-9-7-23(8-10-24)15(26)12-5-6-13(27-12)17(18,19)20/h2-6H,7-10H2,1H3. The number of rotatable bonds is 2. The van der Waals surface area contributed by atoms with E-state index >= 15 is 0 Å². The number of amides is 1. The van der Waals surface area contributed by atoms with Gasteiger partial charge in [-0.1, -0.05) is 6.07 Å². The monoisotopic (exact) mass is 395 g/mol. The molecule has 1 fully saturated rings. The molecule has 0 N–H and O–H groups in total. The lowest BCUT2D eigenvalue weighted by Gasteiger charge is -2.34. The highest BCUT2D eigenvalue weighted by atomic mass is 32.1. The first-order valence-corrected chi connectivity index (χ1v) is 9.18. The smallest absolute Gasteiger partial charge is 0.337 e. The Morgan fingerprint density at radius 1 is 1.07 bits per heavy atom. The number of pyridine rings is 1. The normalized spacial score (nSPS) is 15.6. The van der Waals surface area contributed by atoms with E-state index in [1.54, 1.807) is 4.90 Å². The number of carbonyl (C=O) groups excluding carboxylic acids is 1. The minimum absolute atomic E-state index is 0.111. The third-order valence-electron chi connectivity index (χ3n) is 4.55. The Hall–Kier alpha value is -2.62. The fourth-order valence-electron chi connectivity index (χ4n) is 3.16. The Labute approximate surface area is 156 Å². The molecule has 1 aliphatic heterocycles. The summed E-state index contributed by atoms with van der Waals surface area (Å²) in [7, 11) is 0. The van der Waals surface area contributed by atoms with Gasteiger partial charge in [0.25, 0.3) is 5.91 Å². The van der Waals surface area contributed by atoms with Gasteiger partial charge in [-0.05, 0) is 31.2 Å². The molecule has 4 heterocycles. The summed E-state index contributed by atoms with van der Waals surface area (Å²) in [5.41, 5.74) is 1.76. The van der Waals surface area contributed by atoms with Crippen LogP contribution in [0.1, 0.15) is 20.2 Å². The maximum atomic E-state index is 12.7. The highest BCUT2D eigenvalue weighted by molar-refractivity contribution is 7.14. The molecule has 0 aromatic carbocycles. The third-order valence-corrected chi connectivity index (χ3v) is 5.67. The first kappa shape index (κ1) is 17.8. The molecule has 1 aliphatic rings. The van der Waals surface area contributed by atoms with E-state index in [-0.39, 0.29) is 10.8 Å². The second kappa shape index (κ2) is 6.52. The number of anilines is 1. The molecule has 27 heavy (non-hydrogen) atoms. The van der Waals surface area contributed by atoms with Crippen LogP contribution >= 0.6 is 11.3 Å². The van der Waals surface area contributed by atoms with Crippen molar-refractivity contribution < 1.29 is 18.0 Å². The summed E-state index contributed by atoms with van der Waals surface area (Å²) in [6.07, 6.45) is -4.42. The van der Waals surface area contributed by atoms with E-state index in [0.717, 1.165) is 17.4 Å². The van der Waals surface area contributed by atoms with Gasteiger partial charge in [-0.2, -0.15) is 13.2 Å². The summed E-state index contributed by atoms with van der Waals surface area (Å²) in [6.45, 7) is 3.88. The van der Waals surface area contributed by atoms with E-state index < -0.39 is 11.1 Å². The maximum Gasteiger partial charge on any atom is 0.425 e. The molecule has 0 spiro atoms. The molecule has 6 nitrogen and oxygen atoms in total. The topological polar surface area (TPSA) is 53.7 Å². The van der Waals surface area contributed by atoms with Crippen LogP contribution in [0.15, 0.2) is 30.3 Å². The summed E-state index contributed by atoms with van der Waals surface area (Å²) < 4.78 is 40.2. The highest BCUT2D eigenvalue weighted by Crippen LogP contribution is 2.35. The van der Waals surface area contributed by atoms with Crippen LogP contribution in [0.25, 0.3) is 5.65 Å². The Morgan fingerprint density at radius 3 is 2.48 bits per heavy atom. The van der Waals surface area contributed by atoms with E-state index in [2.05, 4.69) is 10.2 Å². The van der Waals surface area contributed by atoms with Crippen LogP contribution in [0.5, 0.6) is 0 Å². The molecule has 4 rings (SSSR count). The predicted molar refractivity (Wildman–Crippen MR) is 95.2 cm³/mol. The molecular formula is C17H16F3N5OS. The Balaban J connectivity index is 1.47. The number of hydrogen-bond donors (Lipinski definition) is 0. The number of aromatic nitrogens is 3. The molecule has 3 aromatic rings. The van der Waals surface area contributed by atoms with Crippen LogP contribution in [0, 0.1) is 6.92 Å². The van der Waals surface area contributed by atoms with E-state index in [9.17, 15) is 18.0 Å². The zero-order valence-electron chi connectivity index (χ0n) is 14.4. The van der Waals surface area contributed by atoms with E-state index in [1.165, 1.54) is 6.07 Å². The second-order valence-corrected chi connectivity index (χ2v) is 7.39. The molecule has 0 atom stereocenters. The van der Waals surface area contributed by atoms with Crippen molar-refractivity contribution in [1.29, 1.82) is 0 Å². The van der Waals surface area contributed by atoms with Gasteiger partial charge in [0.1, 0.15) is 4.88 Å². The molecule has 1 saturated heterocycles. The molecular weight excluding hydrogens is 379 g/mol. The van der Waals surface area contributed by atoms with Crippen LogP contribution in [-0.4, -0.2) is 51.6 Å². The van der Waals surface area contributed by atoms with Crippen LogP contribution in [0.3, 0.4) is 0 Å². The number of aryl methyl sites for hydroxylation is 1. The van der Waals surface area contributed by atoms with Crippen LogP contribution in [0.2, 0.25) is 0 Å². The largest absolute Gasteiger partial charge is 0.425 e. The van der Waals surface area contributed by atoms with E-state index in [0.29, 0.717) is 43.5 Å². The van der Waals surface area contributed by atoms with Crippen molar-refractivity contribution in [2.75, 3.05) is 31.1 Å². The number of alkyl halides is 3. The van der Waals surface area contributed by atoms with Gasteiger partial charge < -0.3 is 9.80 Å². The van der Waals surface area contributed by atoms with Gasteiger partial charge in [-0.15, -0.1) is 21.5 Å². The minimum atomic E-state index is -4.42. The lowest BCUT2D eigenvalue weighted by molar-refractivity contribution is -0.134. The Morgan fingerprint density at radius 2 is 1.81 bits per heavy atom. The van der Waals surface area contributed by atoms with Crippen molar-refractivity contribution in [3.8, 4) is 0 Å². The molecule has 3 aromatic heterocycles. The van der Waals surface area contributed by atoms with Gasteiger partial charge in [-0.25, -0.2) is 0 Å². The maximum absolute atomic E-state index is 12.7. The van der Waals surface area contributed by atoms with Gasteiger partial charge in [0, 0.05) is 31.9 Å². The van der Waals surface area contributed by atoms with Crippen molar-refractivity contribution in [3.05, 3.63) is 45.8 Å². The summed E-state index contributed by atoms with van der Waals surface area (Å²) in [6, 6.07) is 7.96. The predicted octanol–water partition coefficient (Wildman–Crippen LogP) is 3.08. The van der Waals surface area contributed by atoms with E-state index in [1.807, 2.05) is 34.4 Å². The Kier molecular flexibility index (Phi) is 4.29. The average Bonchev–Trinajstić information content (AvgIpc) is 3.29. The number of carbonyl (C=O) groups is 1. The lowest BCUT2D eigenvalue weighted by atomic mass is 10.3. The highest BCUT2D eigenvalue weighted by Gasteiger charge is 2.34. The fourth-order valence-corrected chi connectivity index (χ4v) is 4.00. The van der Waals surface area contributed by atoms with Gasteiger partial charge >= 0.3 is 6.18 Å². The number of thiophene rings is 1. The summed E-state index contributed by atoms with van der Waals surface area (Å²) in [5, 5.41) is 8.42.